The number of halogens is 3. The number of rotatable bonds is 2. The van der Waals surface area contributed by atoms with Crippen LogP contribution in [0.2, 0.25) is 0 Å². The Hall–Kier alpha value is -1.03. The molecule has 4 unspecified atom stereocenters. The Bertz CT molecular complexity index is 517. The first-order valence-corrected chi connectivity index (χ1v) is 7.97. The highest BCUT2D eigenvalue weighted by atomic mass is 19.2. The van der Waals surface area contributed by atoms with Gasteiger partial charge < -0.3 is 5.73 Å². The molecule has 0 aliphatic heterocycles. The molecule has 0 heterocycles. The molecule has 116 valence electrons. The van der Waals surface area contributed by atoms with Crippen molar-refractivity contribution in [3.63, 3.8) is 0 Å². The summed E-state index contributed by atoms with van der Waals surface area (Å²) >= 11 is 0. The number of benzene rings is 1. The van der Waals surface area contributed by atoms with Gasteiger partial charge in [-0.1, -0.05) is 31.7 Å². The number of hydrogen-bond acceptors (Lipinski definition) is 1. The smallest absolute Gasteiger partial charge is 0.194 e. The van der Waals surface area contributed by atoms with Crippen LogP contribution in [0.5, 0.6) is 0 Å². The van der Waals surface area contributed by atoms with Gasteiger partial charge in [-0.25, -0.2) is 13.2 Å². The van der Waals surface area contributed by atoms with Gasteiger partial charge in [0.25, 0.3) is 0 Å². The molecular formula is C17H22F3N. The summed E-state index contributed by atoms with van der Waals surface area (Å²) in [6.45, 7) is 0. The predicted molar refractivity (Wildman–Crippen MR) is 76.0 cm³/mol. The van der Waals surface area contributed by atoms with Crippen LogP contribution in [0.4, 0.5) is 13.2 Å². The molecule has 4 heteroatoms. The van der Waals surface area contributed by atoms with Gasteiger partial charge in [-0.15, -0.1) is 0 Å². The first-order valence-electron chi connectivity index (χ1n) is 7.97. The van der Waals surface area contributed by atoms with Gasteiger partial charge in [0.05, 0.1) is 0 Å². The summed E-state index contributed by atoms with van der Waals surface area (Å²) in [6, 6.07) is 1.73. The average molecular weight is 297 g/mol. The summed E-state index contributed by atoms with van der Waals surface area (Å²) in [4.78, 5) is 0. The Morgan fingerprint density at radius 3 is 2.38 bits per heavy atom. The molecule has 2 saturated carbocycles. The molecular weight excluding hydrogens is 275 g/mol. The molecule has 0 bridgehead atoms. The molecule has 2 N–H and O–H groups in total. The van der Waals surface area contributed by atoms with E-state index in [-0.39, 0.29) is 11.5 Å². The summed E-state index contributed by atoms with van der Waals surface area (Å²) in [6.07, 6.45) is 8.19. The summed E-state index contributed by atoms with van der Waals surface area (Å²) < 4.78 is 40.3. The quantitative estimate of drug-likeness (QED) is 0.786. The molecule has 3 rings (SSSR count). The molecule has 21 heavy (non-hydrogen) atoms. The zero-order chi connectivity index (χ0) is 15.0. The van der Waals surface area contributed by atoms with Gasteiger partial charge in [0.15, 0.2) is 17.5 Å². The van der Waals surface area contributed by atoms with Gasteiger partial charge >= 0.3 is 0 Å². The van der Waals surface area contributed by atoms with Crippen LogP contribution in [0.15, 0.2) is 12.1 Å². The Kier molecular flexibility index (Phi) is 4.25. The minimum Gasteiger partial charge on any atom is -0.324 e. The molecule has 1 aromatic carbocycles. The lowest BCUT2D eigenvalue weighted by molar-refractivity contribution is 0.116. The minimum atomic E-state index is -1.41. The van der Waals surface area contributed by atoms with E-state index in [9.17, 15) is 13.2 Å². The molecule has 0 amide bonds. The highest BCUT2D eigenvalue weighted by Gasteiger charge is 2.35. The Morgan fingerprint density at radius 1 is 0.905 bits per heavy atom. The molecule has 0 saturated heterocycles. The van der Waals surface area contributed by atoms with Crippen molar-refractivity contribution in [2.24, 2.45) is 23.5 Å². The monoisotopic (exact) mass is 297 g/mol. The van der Waals surface area contributed by atoms with Crippen LogP contribution in [0.1, 0.15) is 56.6 Å². The summed E-state index contributed by atoms with van der Waals surface area (Å²) in [5.74, 6) is -2.04. The van der Waals surface area contributed by atoms with Crippen molar-refractivity contribution in [2.75, 3.05) is 0 Å². The molecule has 1 aromatic rings. The van der Waals surface area contributed by atoms with Crippen molar-refractivity contribution in [1.29, 1.82) is 0 Å². The van der Waals surface area contributed by atoms with E-state index in [0.717, 1.165) is 31.2 Å². The van der Waals surface area contributed by atoms with E-state index < -0.39 is 23.5 Å². The third-order valence-electron chi connectivity index (χ3n) is 5.51. The van der Waals surface area contributed by atoms with Crippen molar-refractivity contribution < 1.29 is 13.2 Å². The largest absolute Gasteiger partial charge is 0.324 e. The molecule has 0 aromatic heterocycles. The van der Waals surface area contributed by atoms with E-state index in [1.54, 1.807) is 0 Å². The van der Waals surface area contributed by atoms with Crippen molar-refractivity contribution in [3.05, 3.63) is 35.1 Å². The van der Waals surface area contributed by atoms with Gasteiger partial charge in [0, 0.05) is 11.6 Å². The van der Waals surface area contributed by atoms with E-state index in [0.29, 0.717) is 5.92 Å². The van der Waals surface area contributed by atoms with Crippen molar-refractivity contribution in [2.45, 2.75) is 51.0 Å². The fourth-order valence-corrected chi connectivity index (χ4v) is 4.29. The third-order valence-corrected chi connectivity index (χ3v) is 5.51. The van der Waals surface area contributed by atoms with Crippen LogP contribution in [-0.2, 0) is 0 Å². The van der Waals surface area contributed by atoms with Gasteiger partial charge in [-0.2, -0.15) is 0 Å². The Morgan fingerprint density at radius 2 is 1.62 bits per heavy atom. The second-order valence-corrected chi connectivity index (χ2v) is 6.67. The SMILES string of the molecule is NC(c1ccc(F)c(F)c1F)C1CCC2CCCCC2C1. The van der Waals surface area contributed by atoms with Crippen molar-refractivity contribution in [1.82, 2.24) is 0 Å². The molecule has 2 aliphatic carbocycles. The fourth-order valence-electron chi connectivity index (χ4n) is 4.29. The standard InChI is InChI=1S/C17H22F3N/c18-14-8-7-13(15(19)16(14)20)17(21)12-6-5-10-3-1-2-4-11(10)9-12/h7-8,10-12,17H,1-6,9,21H2. The predicted octanol–water partition coefficient (Wildman–Crippen LogP) is 4.71. The van der Waals surface area contributed by atoms with Crippen LogP contribution in [-0.4, -0.2) is 0 Å². The second kappa shape index (κ2) is 5.99. The maximum Gasteiger partial charge on any atom is 0.194 e. The van der Waals surface area contributed by atoms with Crippen LogP contribution >= 0.6 is 0 Å². The van der Waals surface area contributed by atoms with E-state index in [1.807, 2.05) is 0 Å². The normalized spacial score (nSPS) is 30.8. The zero-order valence-corrected chi connectivity index (χ0v) is 12.1. The number of nitrogens with two attached hydrogens (primary N) is 1. The molecule has 2 aliphatic rings. The third kappa shape index (κ3) is 2.83. The van der Waals surface area contributed by atoms with Crippen LogP contribution in [0, 0.1) is 35.2 Å². The fraction of sp³-hybridized carbons (Fsp3) is 0.647. The van der Waals surface area contributed by atoms with Crippen molar-refractivity contribution >= 4 is 0 Å². The lowest BCUT2D eigenvalue weighted by atomic mass is 9.65. The molecule has 0 radical (unpaired) electrons. The maximum atomic E-state index is 13.9. The van der Waals surface area contributed by atoms with Crippen molar-refractivity contribution in [3.8, 4) is 0 Å². The molecule has 4 atom stereocenters. The molecule has 2 fully saturated rings. The van der Waals surface area contributed by atoms with Crippen LogP contribution in [0.25, 0.3) is 0 Å². The summed E-state index contributed by atoms with van der Waals surface area (Å²) in [7, 11) is 0. The highest BCUT2D eigenvalue weighted by molar-refractivity contribution is 5.24. The zero-order valence-electron chi connectivity index (χ0n) is 12.1. The van der Waals surface area contributed by atoms with E-state index in [2.05, 4.69) is 0 Å². The number of hydrogen-bond donors (Lipinski definition) is 1. The molecule has 0 spiro atoms. The number of fused-ring (bicyclic) bond motifs is 1. The lowest BCUT2D eigenvalue weighted by Crippen LogP contribution is -2.33. The van der Waals surface area contributed by atoms with Gasteiger partial charge in [-0.3, -0.25) is 0 Å². The second-order valence-electron chi connectivity index (χ2n) is 6.67. The maximum absolute atomic E-state index is 13.9. The van der Waals surface area contributed by atoms with E-state index >= 15 is 0 Å². The lowest BCUT2D eigenvalue weighted by Gasteiger charge is -2.41. The minimum absolute atomic E-state index is 0.119. The summed E-state index contributed by atoms with van der Waals surface area (Å²) in [5.41, 5.74) is 6.30. The van der Waals surface area contributed by atoms with Gasteiger partial charge in [0.2, 0.25) is 0 Å². The first-order chi connectivity index (χ1) is 10.1. The summed E-state index contributed by atoms with van der Waals surface area (Å²) in [5, 5.41) is 0. The van der Waals surface area contributed by atoms with Crippen LogP contribution in [0.3, 0.4) is 0 Å². The van der Waals surface area contributed by atoms with E-state index in [1.165, 1.54) is 31.7 Å². The topological polar surface area (TPSA) is 26.0 Å². The highest BCUT2D eigenvalue weighted by Crippen LogP contribution is 2.45. The Balaban J connectivity index is 1.76. The Labute approximate surface area is 123 Å². The van der Waals surface area contributed by atoms with Gasteiger partial charge in [0.1, 0.15) is 0 Å². The molecule has 1 nitrogen and oxygen atoms in total. The first kappa shape index (κ1) is 14.9. The average Bonchev–Trinajstić information content (AvgIpc) is 2.52. The van der Waals surface area contributed by atoms with Crippen LogP contribution < -0.4 is 5.73 Å². The van der Waals surface area contributed by atoms with Gasteiger partial charge in [-0.05, 0) is 43.1 Å². The van der Waals surface area contributed by atoms with E-state index in [4.69, 9.17) is 5.73 Å².